The van der Waals surface area contributed by atoms with Gasteiger partial charge in [0.25, 0.3) is 0 Å². The van der Waals surface area contributed by atoms with E-state index in [1.165, 1.54) is 12.1 Å². The van der Waals surface area contributed by atoms with E-state index >= 15 is 0 Å². The van der Waals surface area contributed by atoms with Crippen LogP contribution in [-0.4, -0.2) is 30.0 Å². The first-order valence-electron chi connectivity index (χ1n) is 11.9. The molecule has 3 aromatic rings. The number of hydrogen-bond donors (Lipinski definition) is 0. The maximum atomic E-state index is 13.8. The maximum Gasteiger partial charge on any atom is 0.419 e. The molecular formula is C26H29F3N2O4. The Morgan fingerprint density at radius 3 is 2.60 bits per heavy atom. The lowest BCUT2D eigenvalue weighted by molar-refractivity contribution is -0.138. The standard InChI is InChI=1S/C26H29F3N2O4/c1-3-4-6-17(2)25-30-24(31-35-25)19-9-11-21(20(16-19)26(27,28)29)32-12-5-7-18-8-10-22-23(15-18)34-14-13-33-22/h8-11,15-17H,3-7,12-14H2,1-2H3/t17-/m0/s1. The molecule has 6 nitrogen and oxygen atoms in total. The number of fused-ring (bicyclic) bond motifs is 1. The van der Waals surface area contributed by atoms with Crippen LogP contribution in [0, 0.1) is 0 Å². The Balaban J connectivity index is 1.40. The van der Waals surface area contributed by atoms with Gasteiger partial charge in [-0.2, -0.15) is 18.2 Å². The Hall–Kier alpha value is -3.23. The van der Waals surface area contributed by atoms with Gasteiger partial charge in [0.05, 0.1) is 12.2 Å². The van der Waals surface area contributed by atoms with Crippen LogP contribution in [-0.2, 0) is 12.6 Å². The summed E-state index contributed by atoms with van der Waals surface area (Å²) in [6.45, 7) is 5.21. The fourth-order valence-electron chi connectivity index (χ4n) is 3.90. The molecule has 0 fully saturated rings. The largest absolute Gasteiger partial charge is 0.493 e. The average molecular weight is 491 g/mol. The molecule has 1 aliphatic heterocycles. The average Bonchev–Trinajstić information content (AvgIpc) is 3.35. The molecule has 1 aliphatic rings. The summed E-state index contributed by atoms with van der Waals surface area (Å²) >= 11 is 0. The molecule has 188 valence electrons. The highest BCUT2D eigenvalue weighted by Crippen LogP contribution is 2.39. The molecule has 2 heterocycles. The van der Waals surface area contributed by atoms with Gasteiger partial charge in [0.15, 0.2) is 11.5 Å². The number of benzene rings is 2. The molecule has 9 heteroatoms. The number of rotatable bonds is 10. The highest BCUT2D eigenvalue weighted by atomic mass is 19.4. The van der Waals surface area contributed by atoms with E-state index in [2.05, 4.69) is 17.1 Å². The lowest BCUT2D eigenvalue weighted by Gasteiger charge is -2.19. The molecule has 0 aliphatic carbocycles. The first-order valence-corrected chi connectivity index (χ1v) is 11.9. The third-order valence-corrected chi connectivity index (χ3v) is 5.87. The van der Waals surface area contributed by atoms with Crippen LogP contribution in [0.15, 0.2) is 40.9 Å². The number of hydrogen-bond acceptors (Lipinski definition) is 6. The fourth-order valence-corrected chi connectivity index (χ4v) is 3.90. The first kappa shape index (κ1) is 24.9. The first-order chi connectivity index (χ1) is 16.8. The molecule has 4 rings (SSSR count). The van der Waals surface area contributed by atoms with Crippen molar-refractivity contribution in [3.8, 4) is 28.6 Å². The molecule has 2 aromatic carbocycles. The van der Waals surface area contributed by atoms with Gasteiger partial charge in [-0.3, -0.25) is 0 Å². The number of aryl methyl sites for hydroxylation is 1. The van der Waals surface area contributed by atoms with Crippen molar-refractivity contribution in [2.24, 2.45) is 0 Å². The highest BCUT2D eigenvalue weighted by molar-refractivity contribution is 5.59. The molecule has 0 unspecified atom stereocenters. The van der Waals surface area contributed by atoms with Crippen LogP contribution in [0.4, 0.5) is 13.2 Å². The molecule has 1 atom stereocenters. The van der Waals surface area contributed by atoms with E-state index in [-0.39, 0.29) is 29.7 Å². The van der Waals surface area contributed by atoms with Gasteiger partial charge in [0.2, 0.25) is 11.7 Å². The van der Waals surface area contributed by atoms with Crippen LogP contribution in [0.1, 0.15) is 62.5 Å². The predicted molar refractivity (Wildman–Crippen MR) is 124 cm³/mol. The predicted octanol–water partition coefficient (Wildman–Crippen LogP) is 6.83. The minimum Gasteiger partial charge on any atom is -0.493 e. The third-order valence-electron chi connectivity index (χ3n) is 5.87. The van der Waals surface area contributed by atoms with E-state index in [9.17, 15) is 13.2 Å². The van der Waals surface area contributed by atoms with E-state index in [0.717, 1.165) is 30.9 Å². The summed E-state index contributed by atoms with van der Waals surface area (Å²) in [4.78, 5) is 4.32. The fraction of sp³-hybridized carbons (Fsp3) is 0.462. The van der Waals surface area contributed by atoms with Crippen molar-refractivity contribution in [2.75, 3.05) is 19.8 Å². The Labute approximate surface area is 202 Å². The van der Waals surface area contributed by atoms with Crippen molar-refractivity contribution in [2.45, 2.75) is 58.0 Å². The summed E-state index contributed by atoms with van der Waals surface area (Å²) in [5.41, 5.74) is 0.378. The molecule has 35 heavy (non-hydrogen) atoms. The Bertz CT molecular complexity index is 1130. The van der Waals surface area contributed by atoms with Crippen molar-refractivity contribution in [3.05, 3.63) is 53.4 Å². The molecule has 0 spiro atoms. The highest BCUT2D eigenvalue weighted by Gasteiger charge is 2.35. The zero-order chi connectivity index (χ0) is 24.8. The van der Waals surface area contributed by atoms with E-state index in [1.54, 1.807) is 0 Å². The smallest absolute Gasteiger partial charge is 0.419 e. The Morgan fingerprint density at radius 2 is 1.83 bits per heavy atom. The number of nitrogens with zero attached hydrogens (tertiary/aromatic N) is 2. The molecule has 0 amide bonds. The van der Waals surface area contributed by atoms with Crippen LogP contribution in [0.3, 0.4) is 0 Å². The molecule has 0 bridgehead atoms. The third kappa shape index (κ3) is 6.26. The summed E-state index contributed by atoms with van der Waals surface area (Å²) < 4.78 is 63.3. The van der Waals surface area contributed by atoms with Crippen LogP contribution in [0.25, 0.3) is 11.4 Å². The Morgan fingerprint density at radius 1 is 1.03 bits per heavy atom. The van der Waals surface area contributed by atoms with E-state index in [0.29, 0.717) is 43.4 Å². The van der Waals surface area contributed by atoms with Gasteiger partial charge in [-0.1, -0.05) is 37.9 Å². The van der Waals surface area contributed by atoms with Crippen molar-refractivity contribution in [3.63, 3.8) is 0 Å². The summed E-state index contributed by atoms with van der Waals surface area (Å²) in [6.07, 6.45) is -0.468. The quantitative estimate of drug-likeness (QED) is 0.290. The van der Waals surface area contributed by atoms with Gasteiger partial charge in [-0.05, 0) is 55.2 Å². The topological polar surface area (TPSA) is 66.6 Å². The lowest BCUT2D eigenvalue weighted by atomic mass is 10.0. The Kier molecular flexibility index (Phi) is 7.83. The normalized spacial score (nSPS) is 14.1. The van der Waals surface area contributed by atoms with Gasteiger partial charge < -0.3 is 18.7 Å². The molecule has 0 saturated carbocycles. The lowest BCUT2D eigenvalue weighted by Crippen LogP contribution is -2.15. The van der Waals surface area contributed by atoms with Gasteiger partial charge >= 0.3 is 6.18 Å². The zero-order valence-corrected chi connectivity index (χ0v) is 19.9. The number of aromatic nitrogens is 2. The van der Waals surface area contributed by atoms with E-state index in [4.69, 9.17) is 18.7 Å². The second kappa shape index (κ2) is 11.0. The van der Waals surface area contributed by atoms with Crippen LogP contribution >= 0.6 is 0 Å². The second-order valence-electron chi connectivity index (χ2n) is 8.64. The SMILES string of the molecule is CCCC[C@H](C)c1nc(-c2ccc(OCCCc3ccc4c(c3)OCCO4)c(C(F)(F)F)c2)no1. The van der Waals surface area contributed by atoms with E-state index < -0.39 is 11.7 Å². The minimum atomic E-state index is -4.58. The molecule has 0 N–H and O–H groups in total. The van der Waals surface area contributed by atoms with Crippen molar-refractivity contribution >= 4 is 0 Å². The number of alkyl halides is 3. The number of unbranched alkanes of at least 4 members (excludes halogenated alkanes) is 1. The summed E-state index contributed by atoms with van der Waals surface area (Å²) in [5.74, 6) is 1.79. The zero-order valence-electron chi connectivity index (χ0n) is 19.9. The van der Waals surface area contributed by atoms with Crippen molar-refractivity contribution in [1.82, 2.24) is 10.1 Å². The van der Waals surface area contributed by atoms with Gasteiger partial charge in [0, 0.05) is 11.5 Å². The van der Waals surface area contributed by atoms with Gasteiger partial charge in [-0.15, -0.1) is 0 Å². The molecule has 1 aromatic heterocycles. The molecule has 0 saturated heterocycles. The summed E-state index contributed by atoms with van der Waals surface area (Å²) in [6, 6.07) is 9.52. The number of halogens is 3. The molecule has 0 radical (unpaired) electrons. The maximum absolute atomic E-state index is 13.8. The number of ether oxygens (including phenoxy) is 3. The summed E-state index contributed by atoms with van der Waals surface area (Å²) in [5, 5.41) is 3.89. The van der Waals surface area contributed by atoms with Crippen LogP contribution in [0.2, 0.25) is 0 Å². The molecular weight excluding hydrogens is 461 g/mol. The van der Waals surface area contributed by atoms with E-state index in [1.807, 2.05) is 25.1 Å². The monoisotopic (exact) mass is 490 g/mol. The minimum absolute atomic E-state index is 0.0510. The second-order valence-corrected chi connectivity index (χ2v) is 8.64. The van der Waals surface area contributed by atoms with Crippen molar-refractivity contribution in [1.29, 1.82) is 0 Å². The van der Waals surface area contributed by atoms with Gasteiger partial charge in [0.1, 0.15) is 19.0 Å². The summed E-state index contributed by atoms with van der Waals surface area (Å²) in [7, 11) is 0. The van der Waals surface area contributed by atoms with Gasteiger partial charge in [-0.25, -0.2) is 0 Å². The van der Waals surface area contributed by atoms with Crippen molar-refractivity contribution < 1.29 is 31.9 Å². The van der Waals surface area contributed by atoms with Crippen LogP contribution in [0.5, 0.6) is 17.2 Å². The van der Waals surface area contributed by atoms with Crippen LogP contribution < -0.4 is 14.2 Å².